The van der Waals surface area contributed by atoms with E-state index < -0.39 is 27.8 Å². The summed E-state index contributed by atoms with van der Waals surface area (Å²) in [5, 5.41) is 2.77. The van der Waals surface area contributed by atoms with Crippen molar-refractivity contribution >= 4 is 15.9 Å². The Morgan fingerprint density at radius 2 is 1.91 bits per heavy atom. The Morgan fingerprint density at radius 1 is 1.19 bits per heavy atom. The molecule has 1 unspecified atom stereocenters. The van der Waals surface area contributed by atoms with Crippen LogP contribution in [0.3, 0.4) is 0 Å². The first kappa shape index (κ1) is 24.2. The fourth-order valence-electron chi connectivity index (χ4n) is 3.54. The maximum absolute atomic E-state index is 13.9. The lowest BCUT2D eigenvalue weighted by atomic mass is 10.0. The number of fused-ring (bicyclic) bond motifs is 1. The highest BCUT2D eigenvalue weighted by Gasteiger charge is 2.26. The van der Waals surface area contributed by atoms with Crippen molar-refractivity contribution in [3.05, 3.63) is 58.9 Å². The molecule has 1 aliphatic heterocycles. The second-order valence-electron chi connectivity index (χ2n) is 8.32. The number of hydrogen-bond acceptors (Lipinski definition) is 5. The summed E-state index contributed by atoms with van der Waals surface area (Å²) >= 11 is 0. The molecule has 0 aliphatic carbocycles. The van der Waals surface area contributed by atoms with Crippen molar-refractivity contribution in [3.8, 4) is 5.75 Å². The predicted octanol–water partition coefficient (Wildman–Crippen LogP) is 3.05. The van der Waals surface area contributed by atoms with Gasteiger partial charge in [-0.15, -0.1) is 0 Å². The van der Waals surface area contributed by atoms with Crippen molar-refractivity contribution in [1.82, 2.24) is 10.0 Å². The average molecular weight is 465 g/mol. The van der Waals surface area contributed by atoms with Crippen molar-refractivity contribution in [2.75, 3.05) is 13.3 Å². The monoisotopic (exact) mass is 464 g/mol. The number of amides is 1. The highest BCUT2D eigenvalue weighted by molar-refractivity contribution is 7.89. The van der Waals surface area contributed by atoms with E-state index in [1.54, 1.807) is 12.1 Å². The minimum absolute atomic E-state index is 0.0925. The van der Waals surface area contributed by atoms with Crippen LogP contribution in [-0.2, 0) is 32.6 Å². The second-order valence-corrected chi connectivity index (χ2v) is 10.0. The Labute approximate surface area is 188 Å². The molecule has 0 aromatic heterocycles. The number of nitrogens with one attached hydrogen (secondary N) is 2. The Balaban J connectivity index is 1.67. The van der Waals surface area contributed by atoms with Gasteiger partial charge in [-0.25, -0.2) is 12.8 Å². The normalized spacial score (nSPS) is 14.5. The highest BCUT2D eigenvalue weighted by atomic mass is 32.2. The van der Waals surface area contributed by atoms with Crippen molar-refractivity contribution in [1.29, 1.82) is 0 Å². The summed E-state index contributed by atoms with van der Waals surface area (Å²) in [4.78, 5) is 12.9. The third-order valence-corrected chi connectivity index (χ3v) is 6.59. The molecular formula is C23H29FN2O5S. The summed E-state index contributed by atoms with van der Waals surface area (Å²) in [7, 11) is -3.86. The van der Waals surface area contributed by atoms with Crippen LogP contribution in [0.4, 0.5) is 4.39 Å². The molecule has 174 valence electrons. The number of halogens is 1. The lowest BCUT2D eigenvalue weighted by Gasteiger charge is -2.22. The van der Waals surface area contributed by atoms with Gasteiger partial charge in [0.15, 0.2) is 6.79 Å². The lowest BCUT2D eigenvalue weighted by Crippen LogP contribution is -2.47. The molecule has 2 aromatic rings. The van der Waals surface area contributed by atoms with Crippen LogP contribution >= 0.6 is 0 Å². The molecule has 2 aromatic carbocycles. The van der Waals surface area contributed by atoms with E-state index in [9.17, 15) is 17.6 Å². The quantitative estimate of drug-likeness (QED) is 0.595. The summed E-state index contributed by atoms with van der Waals surface area (Å²) in [6.45, 7) is 6.27. The molecule has 0 radical (unpaired) electrons. The highest BCUT2D eigenvalue weighted by Crippen LogP contribution is 2.29. The SMILES string of the molecule is Cc1ccc(S(=O)(=O)NC(CC(C)C)C(=O)NCCc2cc(F)cc3c2OCOC3)cc1. The fourth-order valence-corrected chi connectivity index (χ4v) is 4.75. The molecule has 0 spiro atoms. The number of carbonyl (C=O) groups is 1. The largest absolute Gasteiger partial charge is 0.467 e. The molecule has 0 saturated carbocycles. The number of rotatable bonds is 9. The minimum atomic E-state index is -3.86. The van der Waals surface area contributed by atoms with Crippen LogP contribution in [0.2, 0.25) is 0 Å². The Hall–Kier alpha value is -2.49. The molecule has 7 nitrogen and oxygen atoms in total. The Morgan fingerprint density at radius 3 is 2.59 bits per heavy atom. The molecule has 0 bridgehead atoms. The van der Waals surface area contributed by atoms with Crippen LogP contribution in [-0.4, -0.2) is 33.7 Å². The number of benzene rings is 2. The zero-order valence-corrected chi connectivity index (χ0v) is 19.3. The molecule has 1 amide bonds. The molecule has 32 heavy (non-hydrogen) atoms. The number of sulfonamides is 1. The third-order valence-electron chi connectivity index (χ3n) is 5.10. The summed E-state index contributed by atoms with van der Waals surface area (Å²) in [6.07, 6.45) is 0.678. The number of carbonyl (C=O) groups excluding carboxylic acids is 1. The first-order valence-corrected chi connectivity index (χ1v) is 12.0. The minimum Gasteiger partial charge on any atom is -0.467 e. The van der Waals surface area contributed by atoms with Crippen LogP contribution in [0.25, 0.3) is 0 Å². The molecule has 1 aliphatic rings. The summed E-state index contributed by atoms with van der Waals surface area (Å²) in [6, 6.07) is 8.26. The van der Waals surface area contributed by atoms with Gasteiger partial charge >= 0.3 is 0 Å². The van der Waals surface area contributed by atoms with Crippen LogP contribution in [0.1, 0.15) is 37.0 Å². The van der Waals surface area contributed by atoms with E-state index >= 15 is 0 Å². The van der Waals surface area contributed by atoms with Crippen LogP contribution in [0.5, 0.6) is 5.75 Å². The predicted molar refractivity (Wildman–Crippen MR) is 118 cm³/mol. The Kier molecular flexibility index (Phi) is 7.86. The van der Waals surface area contributed by atoms with E-state index in [0.29, 0.717) is 29.7 Å². The maximum atomic E-state index is 13.9. The van der Waals surface area contributed by atoms with Crippen LogP contribution < -0.4 is 14.8 Å². The molecule has 0 fully saturated rings. The summed E-state index contributed by atoms with van der Waals surface area (Å²) in [5.41, 5.74) is 2.20. The van der Waals surface area contributed by atoms with Gasteiger partial charge in [0, 0.05) is 12.1 Å². The molecule has 1 atom stereocenters. The van der Waals surface area contributed by atoms with Gasteiger partial charge in [-0.2, -0.15) is 4.72 Å². The van der Waals surface area contributed by atoms with E-state index in [2.05, 4.69) is 10.0 Å². The molecule has 9 heteroatoms. The van der Waals surface area contributed by atoms with Crippen LogP contribution in [0, 0.1) is 18.7 Å². The molecule has 0 saturated heterocycles. The summed E-state index contributed by atoms with van der Waals surface area (Å²) in [5.74, 6) is -0.160. The lowest BCUT2D eigenvalue weighted by molar-refractivity contribution is -0.123. The fraction of sp³-hybridized carbons (Fsp3) is 0.435. The topological polar surface area (TPSA) is 93.7 Å². The molecule has 1 heterocycles. The zero-order valence-electron chi connectivity index (χ0n) is 18.5. The van der Waals surface area contributed by atoms with Gasteiger partial charge in [0.2, 0.25) is 15.9 Å². The van der Waals surface area contributed by atoms with Gasteiger partial charge in [0.05, 0.1) is 11.5 Å². The van der Waals surface area contributed by atoms with Crippen molar-refractivity contribution in [3.63, 3.8) is 0 Å². The smallest absolute Gasteiger partial charge is 0.241 e. The number of aryl methyl sites for hydroxylation is 1. The maximum Gasteiger partial charge on any atom is 0.241 e. The summed E-state index contributed by atoms with van der Waals surface area (Å²) < 4.78 is 52.7. The van der Waals surface area contributed by atoms with E-state index in [1.165, 1.54) is 24.3 Å². The van der Waals surface area contributed by atoms with Crippen molar-refractivity contribution < 1.29 is 27.1 Å². The van der Waals surface area contributed by atoms with Gasteiger partial charge in [0.1, 0.15) is 17.6 Å². The van der Waals surface area contributed by atoms with Crippen molar-refractivity contribution in [2.24, 2.45) is 5.92 Å². The average Bonchev–Trinajstić information content (AvgIpc) is 2.72. The van der Waals surface area contributed by atoms with Gasteiger partial charge in [-0.1, -0.05) is 31.5 Å². The van der Waals surface area contributed by atoms with Gasteiger partial charge in [0.25, 0.3) is 0 Å². The van der Waals surface area contributed by atoms with Crippen LogP contribution in [0.15, 0.2) is 41.3 Å². The standard InChI is InChI=1S/C23H29FN2O5S/c1-15(2)10-21(26-32(28,29)20-6-4-16(3)5-7-20)23(27)25-9-8-17-11-19(24)12-18-13-30-14-31-22(17)18/h4-7,11-12,15,21,26H,8-10,13-14H2,1-3H3,(H,25,27). The molecule has 2 N–H and O–H groups in total. The van der Waals surface area contributed by atoms with Gasteiger partial charge in [-0.3, -0.25) is 4.79 Å². The van der Waals surface area contributed by atoms with Gasteiger partial charge in [-0.05, 0) is 55.5 Å². The van der Waals surface area contributed by atoms with Crippen molar-refractivity contribution in [2.45, 2.75) is 51.2 Å². The number of ether oxygens (including phenoxy) is 2. The van der Waals surface area contributed by atoms with Gasteiger partial charge < -0.3 is 14.8 Å². The number of hydrogen-bond donors (Lipinski definition) is 2. The molecule has 3 rings (SSSR count). The Bertz CT molecular complexity index is 1050. The first-order chi connectivity index (χ1) is 15.2. The third kappa shape index (κ3) is 6.27. The van der Waals surface area contributed by atoms with E-state index in [1.807, 2.05) is 20.8 Å². The molecular weight excluding hydrogens is 435 g/mol. The van der Waals surface area contributed by atoms with E-state index in [0.717, 1.165) is 5.56 Å². The first-order valence-electron chi connectivity index (χ1n) is 10.5. The van der Waals surface area contributed by atoms with E-state index in [-0.39, 0.29) is 30.8 Å². The second kappa shape index (κ2) is 10.4. The zero-order chi connectivity index (χ0) is 23.3. The van der Waals surface area contributed by atoms with E-state index in [4.69, 9.17) is 9.47 Å².